The molecular weight excluding hydrogens is 178 g/mol. The highest BCUT2D eigenvalue weighted by molar-refractivity contribution is 5.84. The van der Waals surface area contributed by atoms with Gasteiger partial charge in [0.1, 0.15) is 5.54 Å². The Morgan fingerprint density at radius 2 is 2.14 bits per heavy atom. The van der Waals surface area contributed by atoms with E-state index in [0.29, 0.717) is 12.0 Å². The van der Waals surface area contributed by atoms with E-state index in [-0.39, 0.29) is 0 Å². The number of hydrogen-bond donors (Lipinski definition) is 2. The molecule has 1 fully saturated rings. The second-order valence-corrected chi connectivity index (χ2v) is 5.41. The maximum Gasteiger partial charge on any atom is 0.238 e. The summed E-state index contributed by atoms with van der Waals surface area (Å²) in [7, 11) is 0. The van der Waals surface area contributed by atoms with Crippen molar-refractivity contribution in [2.45, 2.75) is 32.7 Å². The molecule has 0 aliphatic carbocycles. The smallest absolute Gasteiger partial charge is 0.238 e. The predicted molar refractivity (Wildman–Crippen MR) is 56.6 cm³/mol. The summed E-state index contributed by atoms with van der Waals surface area (Å²) >= 11 is 0. The van der Waals surface area contributed by atoms with Crippen LogP contribution in [0.25, 0.3) is 0 Å². The minimum atomic E-state index is -0.902. The van der Waals surface area contributed by atoms with Crippen LogP contribution in [0.4, 0.5) is 0 Å². The van der Waals surface area contributed by atoms with Gasteiger partial charge < -0.3 is 16.4 Å². The molecular formula is C10H21N3O. The molecule has 4 heteroatoms. The lowest BCUT2D eigenvalue weighted by molar-refractivity contribution is -0.123. The van der Waals surface area contributed by atoms with Gasteiger partial charge in [0.25, 0.3) is 0 Å². The van der Waals surface area contributed by atoms with E-state index in [0.717, 1.165) is 19.5 Å². The van der Waals surface area contributed by atoms with Crippen LogP contribution in [0.2, 0.25) is 0 Å². The van der Waals surface area contributed by atoms with Gasteiger partial charge in [-0.3, -0.25) is 4.79 Å². The van der Waals surface area contributed by atoms with Crippen LogP contribution in [0.15, 0.2) is 0 Å². The Hall–Kier alpha value is -0.610. The Kier molecular flexibility index (Phi) is 2.88. The molecule has 4 nitrogen and oxygen atoms in total. The van der Waals surface area contributed by atoms with Gasteiger partial charge in [-0.1, -0.05) is 13.8 Å². The van der Waals surface area contributed by atoms with Crippen molar-refractivity contribution in [2.75, 3.05) is 19.6 Å². The fourth-order valence-electron chi connectivity index (χ4n) is 1.90. The molecule has 1 saturated heterocycles. The van der Waals surface area contributed by atoms with Gasteiger partial charge in [0.2, 0.25) is 5.91 Å². The Labute approximate surface area is 85.6 Å². The van der Waals surface area contributed by atoms with Crippen molar-refractivity contribution >= 4 is 5.91 Å². The molecule has 1 atom stereocenters. The molecule has 1 rings (SSSR count). The molecule has 0 radical (unpaired) electrons. The average molecular weight is 199 g/mol. The first-order chi connectivity index (χ1) is 6.23. The summed E-state index contributed by atoms with van der Waals surface area (Å²) in [5, 5.41) is 0. The minimum absolute atomic E-state index is 0.341. The maximum atomic E-state index is 11.0. The van der Waals surface area contributed by atoms with Crippen molar-refractivity contribution in [1.29, 1.82) is 0 Å². The van der Waals surface area contributed by atoms with E-state index in [9.17, 15) is 4.79 Å². The number of nitrogens with zero attached hydrogens (tertiary/aromatic N) is 1. The summed E-state index contributed by atoms with van der Waals surface area (Å²) < 4.78 is 0. The summed E-state index contributed by atoms with van der Waals surface area (Å²) in [4.78, 5) is 13.3. The van der Waals surface area contributed by atoms with Crippen LogP contribution >= 0.6 is 0 Å². The molecule has 0 saturated carbocycles. The van der Waals surface area contributed by atoms with E-state index in [2.05, 4.69) is 18.7 Å². The predicted octanol–water partition coefficient (Wildman–Crippen LogP) is -0.0790. The van der Waals surface area contributed by atoms with E-state index < -0.39 is 11.4 Å². The molecule has 1 aliphatic rings. The first-order valence-corrected chi connectivity index (χ1v) is 5.04. The highest BCUT2D eigenvalue weighted by Crippen LogP contribution is 2.29. The number of rotatable bonds is 3. The number of primary amides is 1. The van der Waals surface area contributed by atoms with Crippen LogP contribution in [-0.2, 0) is 4.79 Å². The van der Waals surface area contributed by atoms with E-state index >= 15 is 0 Å². The van der Waals surface area contributed by atoms with Crippen molar-refractivity contribution in [3.05, 3.63) is 0 Å². The minimum Gasteiger partial charge on any atom is -0.368 e. The third-order valence-electron chi connectivity index (χ3n) is 2.87. The van der Waals surface area contributed by atoms with Crippen molar-refractivity contribution in [1.82, 2.24) is 4.90 Å². The van der Waals surface area contributed by atoms with E-state index in [1.165, 1.54) is 0 Å². The lowest BCUT2D eigenvalue weighted by Gasteiger charge is -2.28. The lowest BCUT2D eigenvalue weighted by Crippen LogP contribution is -2.56. The highest BCUT2D eigenvalue weighted by atomic mass is 16.1. The van der Waals surface area contributed by atoms with Crippen LogP contribution < -0.4 is 11.5 Å². The molecule has 0 aromatic heterocycles. The normalized spacial score (nSPS) is 26.0. The Morgan fingerprint density at radius 3 is 2.50 bits per heavy atom. The van der Waals surface area contributed by atoms with E-state index in [1.54, 1.807) is 6.92 Å². The summed E-state index contributed by atoms with van der Waals surface area (Å²) in [6, 6.07) is 0. The van der Waals surface area contributed by atoms with Crippen LogP contribution in [0.1, 0.15) is 27.2 Å². The summed E-state index contributed by atoms with van der Waals surface area (Å²) in [5.41, 5.74) is 10.5. The quantitative estimate of drug-likeness (QED) is 0.668. The first-order valence-electron chi connectivity index (χ1n) is 5.04. The van der Waals surface area contributed by atoms with E-state index in [1.807, 2.05) is 0 Å². The van der Waals surface area contributed by atoms with Gasteiger partial charge in [-0.25, -0.2) is 0 Å². The van der Waals surface area contributed by atoms with Crippen molar-refractivity contribution in [3.8, 4) is 0 Å². The fraction of sp³-hybridized carbons (Fsp3) is 0.900. The number of carbonyl (C=O) groups is 1. The number of carbonyl (C=O) groups excluding carboxylic acids is 1. The van der Waals surface area contributed by atoms with Gasteiger partial charge in [-0.15, -0.1) is 0 Å². The fourth-order valence-corrected chi connectivity index (χ4v) is 1.90. The summed E-state index contributed by atoms with van der Waals surface area (Å²) in [6.45, 7) is 8.71. The zero-order valence-electron chi connectivity index (χ0n) is 9.34. The number of nitrogens with two attached hydrogens (primary N) is 2. The Bertz CT molecular complexity index is 236. The third-order valence-corrected chi connectivity index (χ3v) is 2.87. The van der Waals surface area contributed by atoms with Crippen LogP contribution in [0.5, 0.6) is 0 Å². The molecule has 0 bridgehead atoms. The monoisotopic (exact) mass is 199 g/mol. The zero-order chi connectivity index (χ0) is 11.0. The van der Waals surface area contributed by atoms with Gasteiger partial charge in [-0.2, -0.15) is 0 Å². The van der Waals surface area contributed by atoms with Gasteiger partial charge in [0.15, 0.2) is 0 Å². The summed E-state index contributed by atoms with van der Waals surface area (Å²) in [6.07, 6.45) is 1.15. The lowest BCUT2D eigenvalue weighted by atomic mass is 9.93. The SMILES string of the molecule is CC1(C)CCN(CC(C)(N)C(N)=O)C1. The third kappa shape index (κ3) is 2.69. The molecule has 0 aromatic carbocycles. The first kappa shape index (κ1) is 11.5. The van der Waals surface area contributed by atoms with Crippen molar-refractivity contribution < 1.29 is 4.79 Å². The molecule has 14 heavy (non-hydrogen) atoms. The van der Waals surface area contributed by atoms with Crippen LogP contribution in [0, 0.1) is 5.41 Å². The standard InChI is InChI=1S/C10H21N3O/c1-9(2)4-5-13(6-9)7-10(3,12)8(11)14/h4-7,12H2,1-3H3,(H2,11,14). The largest absolute Gasteiger partial charge is 0.368 e. The molecule has 82 valence electrons. The summed E-state index contributed by atoms with van der Waals surface area (Å²) in [5.74, 6) is -0.429. The van der Waals surface area contributed by atoms with Crippen LogP contribution in [-0.4, -0.2) is 36.0 Å². The second-order valence-electron chi connectivity index (χ2n) is 5.41. The van der Waals surface area contributed by atoms with Crippen LogP contribution in [0.3, 0.4) is 0 Å². The molecule has 1 unspecified atom stereocenters. The van der Waals surface area contributed by atoms with Crippen molar-refractivity contribution in [3.63, 3.8) is 0 Å². The maximum absolute atomic E-state index is 11.0. The molecule has 0 spiro atoms. The molecule has 1 heterocycles. The molecule has 1 aliphatic heterocycles. The second kappa shape index (κ2) is 3.51. The number of amides is 1. The zero-order valence-corrected chi connectivity index (χ0v) is 9.34. The molecule has 4 N–H and O–H groups in total. The Morgan fingerprint density at radius 1 is 1.57 bits per heavy atom. The van der Waals surface area contributed by atoms with Gasteiger partial charge in [-0.05, 0) is 25.3 Å². The van der Waals surface area contributed by atoms with Crippen molar-refractivity contribution in [2.24, 2.45) is 16.9 Å². The topological polar surface area (TPSA) is 72.3 Å². The molecule has 1 amide bonds. The number of likely N-dealkylation sites (tertiary alicyclic amines) is 1. The van der Waals surface area contributed by atoms with Gasteiger partial charge >= 0.3 is 0 Å². The Balaban J connectivity index is 2.51. The number of hydrogen-bond acceptors (Lipinski definition) is 3. The van der Waals surface area contributed by atoms with E-state index in [4.69, 9.17) is 11.5 Å². The molecule has 0 aromatic rings. The van der Waals surface area contributed by atoms with Gasteiger partial charge in [0, 0.05) is 13.1 Å². The van der Waals surface area contributed by atoms with Gasteiger partial charge in [0.05, 0.1) is 0 Å². The highest BCUT2D eigenvalue weighted by Gasteiger charge is 2.35. The average Bonchev–Trinajstić information content (AvgIpc) is 2.28.